The summed E-state index contributed by atoms with van der Waals surface area (Å²) < 4.78 is 0. The number of aryl methyl sites for hydroxylation is 1. The molecule has 1 aromatic rings. The number of nitrogens with two attached hydrogens (primary N) is 1. The number of hydrogen-bond acceptors (Lipinski definition) is 3. The van der Waals surface area contributed by atoms with Crippen LogP contribution >= 0.6 is 0 Å². The first-order valence-electron chi connectivity index (χ1n) is 4.26. The maximum absolute atomic E-state index is 10.5. The van der Waals surface area contributed by atoms with Gasteiger partial charge in [-0.15, -0.1) is 0 Å². The molecule has 76 valence electrons. The molecule has 0 radical (unpaired) electrons. The highest BCUT2D eigenvalue weighted by Crippen LogP contribution is 2.19. The normalized spacial score (nSPS) is 14.8. The molecule has 0 saturated heterocycles. The van der Waals surface area contributed by atoms with Crippen LogP contribution in [0.2, 0.25) is 0 Å². The molecule has 0 aliphatic carbocycles. The van der Waals surface area contributed by atoms with E-state index in [9.17, 15) is 9.90 Å². The van der Waals surface area contributed by atoms with Gasteiger partial charge in [0.1, 0.15) is 12.1 Å². The first-order valence-corrected chi connectivity index (χ1v) is 4.26. The van der Waals surface area contributed by atoms with Crippen molar-refractivity contribution < 1.29 is 15.0 Å². The van der Waals surface area contributed by atoms with E-state index in [-0.39, 0.29) is 0 Å². The van der Waals surface area contributed by atoms with Gasteiger partial charge in [0.15, 0.2) is 0 Å². The highest BCUT2D eigenvalue weighted by atomic mass is 16.4. The molecule has 1 rings (SSSR count). The Morgan fingerprint density at radius 2 is 2.00 bits per heavy atom. The van der Waals surface area contributed by atoms with Crippen LogP contribution in [0.1, 0.15) is 17.2 Å². The van der Waals surface area contributed by atoms with Crippen LogP contribution in [-0.2, 0) is 4.79 Å². The van der Waals surface area contributed by atoms with Gasteiger partial charge in [-0.05, 0) is 18.1 Å². The van der Waals surface area contributed by atoms with Crippen molar-refractivity contribution in [3.05, 3.63) is 35.4 Å². The average Bonchev–Trinajstić information content (AvgIpc) is 2.16. The van der Waals surface area contributed by atoms with Crippen LogP contribution in [0.15, 0.2) is 24.3 Å². The zero-order valence-electron chi connectivity index (χ0n) is 7.84. The molecule has 4 heteroatoms. The number of carbonyl (C=O) groups is 1. The van der Waals surface area contributed by atoms with Crippen LogP contribution in [0.4, 0.5) is 0 Å². The molecular weight excluding hydrogens is 182 g/mol. The number of rotatable bonds is 3. The molecule has 4 nitrogen and oxygen atoms in total. The molecule has 0 amide bonds. The summed E-state index contributed by atoms with van der Waals surface area (Å²) in [5, 5.41) is 18.3. The van der Waals surface area contributed by atoms with E-state index in [1.807, 2.05) is 6.07 Å². The van der Waals surface area contributed by atoms with Crippen molar-refractivity contribution in [3.8, 4) is 0 Å². The molecule has 0 aliphatic heterocycles. The minimum atomic E-state index is -1.28. The average molecular weight is 195 g/mol. The maximum atomic E-state index is 10.5. The molecule has 0 bridgehead atoms. The highest BCUT2D eigenvalue weighted by Gasteiger charge is 2.24. The van der Waals surface area contributed by atoms with Gasteiger partial charge in [0.25, 0.3) is 0 Å². The number of carboxylic acids is 1. The second kappa shape index (κ2) is 4.21. The fourth-order valence-electron chi connectivity index (χ4n) is 1.25. The van der Waals surface area contributed by atoms with Gasteiger partial charge in [-0.1, -0.05) is 24.3 Å². The van der Waals surface area contributed by atoms with E-state index in [2.05, 4.69) is 0 Å². The molecule has 0 aromatic heterocycles. The van der Waals surface area contributed by atoms with Crippen molar-refractivity contribution in [2.24, 2.45) is 5.73 Å². The van der Waals surface area contributed by atoms with Crippen LogP contribution in [0, 0.1) is 6.92 Å². The monoisotopic (exact) mass is 195 g/mol. The van der Waals surface area contributed by atoms with E-state index in [1.54, 1.807) is 25.1 Å². The topological polar surface area (TPSA) is 83.5 Å². The summed E-state index contributed by atoms with van der Waals surface area (Å²) >= 11 is 0. The van der Waals surface area contributed by atoms with E-state index in [4.69, 9.17) is 10.8 Å². The van der Waals surface area contributed by atoms with Gasteiger partial charge in [0.2, 0.25) is 0 Å². The van der Waals surface area contributed by atoms with E-state index in [0.717, 1.165) is 5.56 Å². The lowest BCUT2D eigenvalue weighted by Crippen LogP contribution is -2.36. The van der Waals surface area contributed by atoms with Crippen molar-refractivity contribution in [1.82, 2.24) is 0 Å². The van der Waals surface area contributed by atoms with Crippen LogP contribution in [0.5, 0.6) is 0 Å². The number of aliphatic carboxylic acids is 1. The highest BCUT2D eigenvalue weighted by molar-refractivity contribution is 5.74. The molecule has 0 saturated carbocycles. The van der Waals surface area contributed by atoms with E-state index in [1.165, 1.54) is 0 Å². The van der Waals surface area contributed by atoms with E-state index < -0.39 is 18.1 Å². The van der Waals surface area contributed by atoms with Gasteiger partial charge in [-0.3, -0.25) is 4.79 Å². The second-order valence-electron chi connectivity index (χ2n) is 3.17. The van der Waals surface area contributed by atoms with Crippen LogP contribution in [0.25, 0.3) is 0 Å². The molecular formula is C10H13NO3. The van der Waals surface area contributed by atoms with Crippen molar-refractivity contribution in [2.45, 2.75) is 19.1 Å². The molecule has 0 spiro atoms. The first-order chi connectivity index (χ1) is 6.54. The Morgan fingerprint density at radius 3 is 2.50 bits per heavy atom. The summed E-state index contributed by atoms with van der Waals surface area (Å²) in [5.41, 5.74) is 6.70. The summed E-state index contributed by atoms with van der Waals surface area (Å²) in [5.74, 6) is -1.21. The van der Waals surface area contributed by atoms with Gasteiger partial charge in [0, 0.05) is 0 Å². The summed E-state index contributed by atoms with van der Waals surface area (Å²) in [7, 11) is 0. The fraction of sp³-hybridized carbons (Fsp3) is 0.300. The van der Waals surface area contributed by atoms with E-state index in [0.29, 0.717) is 5.56 Å². The molecule has 1 aromatic carbocycles. The lowest BCUT2D eigenvalue weighted by atomic mass is 9.98. The summed E-state index contributed by atoms with van der Waals surface area (Å²) in [4.78, 5) is 10.5. The standard InChI is InChI=1S/C10H13NO3/c1-6-4-2-3-5-7(6)9(12)8(11)10(13)14/h2-5,8-9,12H,11H2,1H3,(H,13,14)/t8-,9+/m0/s1. The third-order valence-electron chi connectivity index (χ3n) is 2.13. The van der Waals surface area contributed by atoms with Crippen molar-refractivity contribution >= 4 is 5.97 Å². The zero-order valence-corrected chi connectivity index (χ0v) is 7.84. The Morgan fingerprint density at radius 1 is 1.43 bits per heavy atom. The molecule has 0 unspecified atom stereocenters. The molecule has 0 heterocycles. The first kappa shape index (κ1) is 10.7. The predicted molar refractivity (Wildman–Crippen MR) is 51.8 cm³/mol. The second-order valence-corrected chi connectivity index (χ2v) is 3.17. The fourth-order valence-corrected chi connectivity index (χ4v) is 1.25. The van der Waals surface area contributed by atoms with Crippen molar-refractivity contribution in [3.63, 3.8) is 0 Å². The minimum absolute atomic E-state index is 0.558. The van der Waals surface area contributed by atoms with E-state index >= 15 is 0 Å². The zero-order chi connectivity index (χ0) is 10.7. The van der Waals surface area contributed by atoms with Gasteiger partial charge >= 0.3 is 5.97 Å². The Hall–Kier alpha value is -1.39. The summed E-state index contributed by atoms with van der Waals surface area (Å²) in [6.07, 6.45) is -1.16. The smallest absolute Gasteiger partial charge is 0.323 e. The van der Waals surface area contributed by atoms with Crippen LogP contribution in [0.3, 0.4) is 0 Å². The Bertz CT molecular complexity index is 338. The van der Waals surface area contributed by atoms with Gasteiger partial charge in [-0.2, -0.15) is 0 Å². The van der Waals surface area contributed by atoms with Gasteiger partial charge in [0.05, 0.1) is 0 Å². The molecule has 0 fully saturated rings. The number of carboxylic acid groups (broad SMARTS) is 1. The lowest BCUT2D eigenvalue weighted by molar-refractivity contribution is -0.141. The molecule has 0 aliphatic rings. The number of aliphatic hydroxyl groups is 1. The van der Waals surface area contributed by atoms with Gasteiger partial charge < -0.3 is 15.9 Å². The quantitative estimate of drug-likeness (QED) is 0.653. The number of aliphatic hydroxyl groups excluding tert-OH is 1. The third-order valence-corrected chi connectivity index (χ3v) is 2.13. The number of hydrogen-bond donors (Lipinski definition) is 3. The Balaban J connectivity index is 2.94. The largest absolute Gasteiger partial charge is 0.480 e. The Kier molecular flexibility index (Phi) is 3.22. The summed E-state index contributed by atoms with van der Waals surface area (Å²) in [6, 6.07) is 5.74. The van der Waals surface area contributed by atoms with Crippen LogP contribution in [-0.4, -0.2) is 22.2 Å². The Labute approximate surface area is 82.0 Å². The SMILES string of the molecule is Cc1ccccc1[C@@H](O)[C@H](N)C(=O)O. The van der Waals surface area contributed by atoms with Crippen LogP contribution < -0.4 is 5.73 Å². The molecule has 2 atom stereocenters. The van der Waals surface area contributed by atoms with Crippen molar-refractivity contribution in [1.29, 1.82) is 0 Å². The third kappa shape index (κ3) is 2.10. The minimum Gasteiger partial charge on any atom is -0.480 e. The summed E-state index contributed by atoms with van der Waals surface area (Å²) in [6.45, 7) is 1.80. The molecule has 4 N–H and O–H groups in total. The predicted octanol–water partition coefficient (Wildman–Crippen LogP) is 0.440. The lowest BCUT2D eigenvalue weighted by Gasteiger charge is -2.16. The van der Waals surface area contributed by atoms with Gasteiger partial charge in [-0.25, -0.2) is 0 Å². The maximum Gasteiger partial charge on any atom is 0.323 e. The number of benzene rings is 1. The molecule has 14 heavy (non-hydrogen) atoms. The van der Waals surface area contributed by atoms with Crippen molar-refractivity contribution in [2.75, 3.05) is 0 Å².